The highest BCUT2D eigenvalue weighted by molar-refractivity contribution is 7.89. The molecule has 0 aromatic heterocycles. The molecule has 1 aromatic carbocycles. The molecule has 1 heterocycles. The topological polar surface area (TPSA) is 49.4 Å². The molecular formula is C15H21ClN2O2S. The first-order valence-corrected chi connectivity index (χ1v) is 8.92. The Balaban J connectivity index is 2.32. The molecule has 2 rings (SSSR count). The average Bonchev–Trinajstić information content (AvgIpc) is 2.46. The highest BCUT2D eigenvalue weighted by atomic mass is 35.5. The molecule has 0 saturated carbocycles. The Kier molecular flexibility index (Phi) is 5.43. The molecule has 0 unspecified atom stereocenters. The Hall–Kier alpha value is -0.880. The van der Waals surface area contributed by atoms with Gasteiger partial charge < -0.3 is 5.32 Å². The van der Waals surface area contributed by atoms with Crippen LogP contribution in [0, 0.1) is 0 Å². The number of rotatable bonds is 5. The van der Waals surface area contributed by atoms with Crippen LogP contribution in [-0.2, 0) is 16.6 Å². The molecule has 0 fully saturated rings. The van der Waals surface area contributed by atoms with E-state index in [1.54, 1.807) is 12.1 Å². The number of nitrogens with zero attached hydrogens (tertiary/aromatic N) is 1. The lowest BCUT2D eigenvalue weighted by atomic mass is 10.2. The Bertz CT molecular complexity index is 641. The molecule has 0 radical (unpaired) electrons. The van der Waals surface area contributed by atoms with Gasteiger partial charge in [0.15, 0.2) is 0 Å². The first-order valence-electron chi connectivity index (χ1n) is 7.10. The van der Waals surface area contributed by atoms with E-state index < -0.39 is 10.0 Å². The molecule has 6 heteroatoms. The Morgan fingerprint density at radius 3 is 2.81 bits per heavy atom. The van der Waals surface area contributed by atoms with Crippen molar-refractivity contribution >= 4 is 21.6 Å². The zero-order chi connectivity index (χ0) is 15.5. The van der Waals surface area contributed by atoms with Gasteiger partial charge in [0.2, 0.25) is 10.0 Å². The van der Waals surface area contributed by atoms with Crippen LogP contribution in [0.1, 0.15) is 25.8 Å². The van der Waals surface area contributed by atoms with Gasteiger partial charge in [0, 0.05) is 19.6 Å². The molecule has 0 amide bonds. The second kappa shape index (κ2) is 6.92. The fourth-order valence-electron chi connectivity index (χ4n) is 2.35. The quantitative estimate of drug-likeness (QED) is 0.846. The van der Waals surface area contributed by atoms with Gasteiger partial charge in [-0.2, -0.15) is 4.31 Å². The largest absolute Gasteiger partial charge is 0.313 e. The molecule has 1 aliphatic heterocycles. The van der Waals surface area contributed by atoms with Crippen LogP contribution in [-0.4, -0.2) is 32.4 Å². The van der Waals surface area contributed by atoms with Crippen molar-refractivity contribution in [1.82, 2.24) is 9.62 Å². The van der Waals surface area contributed by atoms with Crippen LogP contribution < -0.4 is 5.32 Å². The van der Waals surface area contributed by atoms with Gasteiger partial charge in [-0.15, -0.1) is 0 Å². The molecule has 0 aliphatic carbocycles. The van der Waals surface area contributed by atoms with Crippen molar-refractivity contribution in [3.05, 3.63) is 40.4 Å². The summed E-state index contributed by atoms with van der Waals surface area (Å²) in [6.07, 6.45) is 2.83. The van der Waals surface area contributed by atoms with Crippen molar-refractivity contribution in [3.63, 3.8) is 0 Å². The van der Waals surface area contributed by atoms with Gasteiger partial charge in [-0.1, -0.05) is 36.2 Å². The van der Waals surface area contributed by atoms with Crippen LogP contribution in [0.15, 0.2) is 34.7 Å². The van der Waals surface area contributed by atoms with E-state index in [-0.39, 0.29) is 9.92 Å². The highest BCUT2D eigenvalue weighted by Crippen LogP contribution is 2.27. The van der Waals surface area contributed by atoms with Crippen LogP contribution in [0.5, 0.6) is 0 Å². The third kappa shape index (κ3) is 3.86. The van der Waals surface area contributed by atoms with Crippen molar-refractivity contribution in [2.75, 3.05) is 19.6 Å². The summed E-state index contributed by atoms with van der Waals surface area (Å²) in [4.78, 5) is 0.203. The number of hydrogen-bond acceptors (Lipinski definition) is 3. The molecule has 1 aliphatic rings. The van der Waals surface area contributed by atoms with Crippen LogP contribution in [0.3, 0.4) is 0 Å². The number of halogens is 1. The summed E-state index contributed by atoms with van der Waals surface area (Å²) in [5.41, 5.74) is 1.99. The van der Waals surface area contributed by atoms with Gasteiger partial charge in [-0.3, -0.25) is 0 Å². The van der Waals surface area contributed by atoms with E-state index in [1.165, 1.54) is 4.31 Å². The molecule has 116 valence electrons. The van der Waals surface area contributed by atoms with Crippen LogP contribution in [0.2, 0.25) is 5.02 Å². The third-order valence-corrected chi connectivity index (χ3v) is 5.82. The molecule has 1 aromatic rings. The van der Waals surface area contributed by atoms with E-state index in [2.05, 4.69) is 11.4 Å². The van der Waals surface area contributed by atoms with E-state index in [0.717, 1.165) is 24.1 Å². The standard InChI is InChI=1S/C15H21ClN2O2S/c1-3-17-10-13-6-7-14(16)15(9-13)21(19,20)18-8-4-5-12(2)11-18/h5-7,9,17H,3-4,8,10-11H2,1-2H3. The maximum Gasteiger partial charge on any atom is 0.244 e. The maximum atomic E-state index is 12.8. The summed E-state index contributed by atoms with van der Waals surface area (Å²) in [6, 6.07) is 5.19. The number of nitrogens with one attached hydrogen (secondary N) is 1. The SMILES string of the molecule is CCNCc1ccc(Cl)c(S(=O)(=O)N2CCC=C(C)C2)c1. The van der Waals surface area contributed by atoms with Crippen LogP contribution in [0.4, 0.5) is 0 Å². The number of hydrogen-bond donors (Lipinski definition) is 1. The monoisotopic (exact) mass is 328 g/mol. The molecule has 0 bridgehead atoms. The molecule has 0 atom stereocenters. The molecule has 4 nitrogen and oxygen atoms in total. The molecule has 21 heavy (non-hydrogen) atoms. The van der Waals surface area contributed by atoms with E-state index in [9.17, 15) is 8.42 Å². The van der Waals surface area contributed by atoms with Gasteiger partial charge in [0.05, 0.1) is 5.02 Å². The predicted octanol–water partition coefficient (Wildman–Crippen LogP) is 2.79. The summed E-state index contributed by atoms with van der Waals surface area (Å²) in [7, 11) is -3.54. The summed E-state index contributed by atoms with van der Waals surface area (Å²) in [5.74, 6) is 0. The first kappa shape index (κ1) is 16.5. The zero-order valence-electron chi connectivity index (χ0n) is 12.4. The molecule has 0 spiro atoms. The summed E-state index contributed by atoms with van der Waals surface area (Å²) in [6.45, 7) is 6.38. The minimum atomic E-state index is -3.54. The minimum Gasteiger partial charge on any atom is -0.313 e. The second-order valence-electron chi connectivity index (χ2n) is 5.22. The van der Waals surface area contributed by atoms with Gasteiger partial charge in [0.25, 0.3) is 0 Å². The van der Waals surface area contributed by atoms with Gasteiger partial charge >= 0.3 is 0 Å². The highest BCUT2D eigenvalue weighted by Gasteiger charge is 2.28. The number of sulfonamides is 1. The van der Waals surface area contributed by atoms with Crippen LogP contribution in [0.25, 0.3) is 0 Å². The van der Waals surface area contributed by atoms with E-state index in [0.29, 0.717) is 19.6 Å². The van der Waals surface area contributed by atoms with E-state index in [1.807, 2.05) is 19.9 Å². The number of benzene rings is 1. The van der Waals surface area contributed by atoms with Crippen molar-refractivity contribution in [1.29, 1.82) is 0 Å². The Morgan fingerprint density at radius 1 is 1.38 bits per heavy atom. The van der Waals surface area contributed by atoms with Crippen molar-refractivity contribution in [2.24, 2.45) is 0 Å². The van der Waals surface area contributed by atoms with Crippen molar-refractivity contribution < 1.29 is 8.42 Å². The summed E-state index contributed by atoms with van der Waals surface area (Å²) in [5, 5.41) is 3.47. The van der Waals surface area contributed by atoms with E-state index >= 15 is 0 Å². The third-order valence-electron chi connectivity index (χ3n) is 3.49. The van der Waals surface area contributed by atoms with Gasteiger partial charge in [0.1, 0.15) is 4.90 Å². The molecule has 0 saturated heterocycles. The van der Waals surface area contributed by atoms with Crippen molar-refractivity contribution in [2.45, 2.75) is 31.7 Å². The fraction of sp³-hybridized carbons (Fsp3) is 0.467. The lowest BCUT2D eigenvalue weighted by Gasteiger charge is -2.26. The van der Waals surface area contributed by atoms with Gasteiger partial charge in [-0.25, -0.2) is 8.42 Å². The van der Waals surface area contributed by atoms with Crippen molar-refractivity contribution in [3.8, 4) is 0 Å². The lowest BCUT2D eigenvalue weighted by molar-refractivity contribution is 0.428. The molecular weight excluding hydrogens is 308 g/mol. The van der Waals surface area contributed by atoms with Gasteiger partial charge in [-0.05, 0) is 37.6 Å². The maximum absolute atomic E-state index is 12.8. The minimum absolute atomic E-state index is 0.203. The second-order valence-corrected chi connectivity index (χ2v) is 7.54. The lowest BCUT2D eigenvalue weighted by Crippen LogP contribution is -2.35. The Labute approximate surface area is 131 Å². The summed E-state index contributed by atoms with van der Waals surface area (Å²) < 4.78 is 27.0. The fourth-order valence-corrected chi connectivity index (χ4v) is 4.37. The smallest absolute Gasteiger partial charge is 0.244 e. The van der Waals surface area contributed by atoms with Crippen LogP contribution >= 0.6 is 11.6 Å². The Morgan fingerprint density at radius 2 is 2.14 bits per heavy atom. The molecule has 1 N–H and O–H groups in total. The zero-order valence-corrected chi connectivity index (χ0v) is 14.0. The summed E-state index contributed by atoms with van der Waals surface area (Å²) >= 11 is 6.13. The normalized spacial score (nSPS) is 16.8. The first-order chi connectivity index (χ1) is 9.95. The average molecular weight is 329 g/mol. The van der Waals surface area contributed by atoms with E-state index in [4.69, 9.17) is 11.6 Å². The predicted molar refractivity (Wildman–Crippen MR) is 86.0 cm³/mol.